The monoisotopic (exact) mass is 820 g/mol. The Bertz CT molecular complexity index is 2560. The van der Waals surface area contributed by atoms with Gasteiger partial charge in [0.25, 0.3) is 5.91 Å². The van der Waals surface area contributed by atoms with E-state index in [4.69, 9.17) is 32.7 Å². The first-order valence-corrected chi connectivity index (χ1v) is 20.9. The molecule has 8 rings (SSSR count). The van der Waals surface area contributed by atoms with Crippen LogP contribution in [0.5, 0.6) is 11.5 Å². The molecule has 58 heavy (non-hydrogen) atoms. The zero-order valence-electron chi connectivity index (χ0n) is 34.0. The molecule has 0 bridgehead atoms. The van der Waals surface area contributed by atoms with E-state index >= 15 is 4.79 Å². The topological polar surface area (TPSA) is 89.2 Å². The fraction of sp³-hybridized carbons (Fsp3) is 0.362. The lowest BCUT2D eigenvalue weighted by atomic mass is 9.93. The molecule has 0 saturated carbocycles. The van der Waals surface area contributed by atoms with Gasteiger partial charge >= 0.3 is 5.97 Å². The molecule has 1 N–H and O–H groups in total. The summed E-state index contributed by atoms with van der Waals surface area (Å²) in [7, 11) is 1.92. The highest BCUT2D eigenvalue weighted by molar-refractivity contribution is 6.35. The van der Waals surface area contributed by atoms with E-state index in [2.05, 4.69) is 48.4 Å². The van der Waals surface area contributed by atoms with Gasteiger partial charge in [-0.05, 0) is 155 Å². The molecule has 0 aliphatic carbocycles. The summed E-state index contributed by atoms with van der Waals surface area (Å²) in [5, 5.41) is 12.9. The number of ether oxygens (including phenoxy) is 2. The number of halogens is 2. The lowest BCUT2D eigenvalue weighted by Gasteiger charge is -2.34. The second-order valence-corrected chi connectivity index (χ2v) is 16.9. The van der Waals surface area contributed by atoms with Crippen molar-refractivity contribution in [1.82, 2.24) is 14.0 Å². The summed E-state index contributed by atoms with van der Waals surface area (Å²) in [4.78, 5) is 31.5. The summed E-state index contributed by atoms with van der Waals surface area (Å²) in [5.41, 5.74) is 10.1. The summed E-state index contributed by atoms with van der Waals surface area (Å²) in [5.74, 6) is 0.449. The molecule has 0 spiro atoms. The number of nitrogens with zero attached hydrogens (tertiary/aromatic N) is 4. The molecule has 1 saturated heterocycles. The van der Waals surface area contributed by atoms with Gasteiger partial charge in [0, 0.05) is 59.3 Å². The standard InChI is InChI=1S/C47H50Cl2N4O5/c1-27-20-33(58-19-17-51-15-7-8-16-51)21-28(2)41(27)42-38(48)13-12-36-35(10-9-18-57-34-22-29(3)43(49)30(4)23-34)45-46(54)52(25-31(5)53(45)44(36)42)40-26-50(6)39-14-11-32(47(55)56)24-37(39)40/h11-14,20-24,26,31H,7-10,15-19,25H2,1-6H3,(H,55,56). The smallest absolute Gasteiger partial charge is 0.335 e. The Morgan fingerprint density at radius 1 is 0.845 bits per heavy atom. The number of amides is 1. The van der Waals surface area contributed by atoms with Gasteiger partial charge in [-0.15, -0.1) is 0 Å². The number of hydrogen-bond donors (Lipinski definition) is 1. The normalized spacial score (nSPS) is 15.8. The van der Waals surface area contributed by atoms with Gasteiger partial charge in [-0.2, -0.15) is 0 Å². The van der Waals surface area contributed by atoms with Crippen LogP contribution in [0.1, 0.15) is 80.9 Å². The van der Waals surface area contributed by atoms with E-state index in [0.717, 1.165) is 91.5 Å². The number of carbonyl (C=O) groups excluding carboxylic acids is 1. The van der Waals surface area contributed by atoms with E-state index in [0.29, 0.717) is 54.4 Å². The third-order valence-electron chi connectivity index (χ3n) is 11.9. The van der Waals surface area contributed by atoms with Crippen LogP contribution in [0.4, 0.5) is 5.69 Å². The predicted octanol–water partition coefficient (Wildman–Crippen LogP) is 10.7. The molecule has 9 nitrogen and oxygen atoms in total. The Kier molecular flexibility index (Phi) is 11.0. The van der Waals surface area contributed by atoms with Crippen molar-refractivity contribution < 1.29 is 24.2 Å². The van der Waals surface area contributed by atoms with Crippen molar-refractivity contribution in [3.8, 4) is 22.6 Å². The first-order chi connectivity index (χ1) is 27.8. The van der Waals surface area contributed by atoms with Crippen LogP contribution < -0.4 is 14.4 Å². The molecule has 1 amide bonds. The molecule has 6 aromatic rings. The first-order valence-electron chi connectivity index (χ1n) is 20.2. The van der Waals surface area contributed by atoms with Crippen LogP contribution in [0, 0.1) is 27.7 Å². The Morgan fingerprint density at radius 3 is 2.17 bits per heavy atom. The highest BCUT2D eigenvalue weighted by Crippen LogP contribution is 2.46. The number of fused-ring (bicyclic) bond motifs is 4. The second-order valence-electron chi connectivity index (χ2n) is 16.1. The van der Waals surface area contributed by atoms with Gasteiger partial charge in [0.05, 0.1) is 28.4 Å². The number of rotatable bonds is 12. The zero-order chi connectivity index (χ0) is 41.0. The third kappa shape index (κ3) is 7.22. The van der Waals surface area contributed by atoms with E-state index < -0.39 is 5.97 Å². The maximum atomic E-state index is 15.2. The van der Waals surface area contributed by atoms with Gasteiger partial charge in [0.15, 0.2) is 0 Å². The van der Waals surface area contributed by atoms with Gasteiger partial charge in [-0.3, -0.25) is 9.69 Å². The molecule has 302 valence electrons. The highest BCUT2D eigenvalue weighted by Gasteiger charge is 2.37. The molecular formula is C47H50Cl2N4O5. The minimum Gasteiger partial charge on any atom is -0.494 e. The van der Waals surface area contributed by atoms with Gasteiger partial charge in [0.2, 0.25) is 0 Å². The summed E-state index contributed by atoms with van der Waals surface area (Å²) in [6.45, 7) is 14.9. The zero-order valence-corrected chi connectivity index (χ0v) is 35.6. The van der Waals surface area contributed by atoms with Crippen molar-refractivity contribution in [3.05, 3.63) is 110 Å². The largest absolute Gasteiger partial charge is 0.494 e. The Hall–Kier alpha value is -4.96. The number of likely N-dealkylation sites (tertiary alicyclic amines) is 1. The van der Waals surface area contributed by atoms with E-state index in [1.807, 2.05) is 54.8 Å². The summed E-state index contributed by atoms with van der Waals surface area (Å²) in [6.07, 6.45) is 5.66. The fourth-order valence-corrected chi connectivity index (χ4v) is 9.58. The van der Waals surface area contributed by atoms with Crippen molar-refractivity contribution in [3.63, 3.8) is 0 Å². The molecule has 1 atom stereocenters. The van der Waals surface area contributed by atoms with Crippen molar-refractivity contribution in [2.24, 2.45) is 7.05 Å². The van der Waals surface area contributed by atoms with E-state index in [9.17, 15) is 9.90 Å². The first kappa shape index (κ1) is 39.8. The number of aromatic nitrogens is 2. The molecule has 4 aromatic carbocycles. The van der Waals surface area contributed by atoms with E-state index in [1.165, 1.54) is 12.8 Å². The molecule has 0 radical (unpaired) electrons. The average Bonchev–Trinajstić information content (AvgIpc) is 3.91. The maximum Gasteiger partial charge on any atom is 0.335 e. The van der Waals surface area contributed by atoms with Crippen LogP contribution >= 0.6 is 23.2 Å². The molecular weight excluding hydrogens is 771 g/mol. The van der Waals surface area contributed by atoms with Crippen LogP contribution in [-0.2, 0) is 13.5 Å². The van der Waals surface area contributed by atoms with Crippen molar-refractivity contribution in [2.75, 3.05) is 44.3 Å². The quantitative estimate of drug-likeness (QED) is 0.124. The van der Waals surface area contributed by atoms with E-state index in [-0.39, 0.29) is 17.5 Å². The summed E-state index contributed by atoms with van der Waals surface area (Å²) >= 11 is 13.7. The van der Waals surface area contributed by atoms with Crippen molar-refractivity contribution >= 4 is 62.6 Å². The predicted molar refractivity (Wildman–Crippen MR) is 234 cm³/mol. The fourth-order valence-electron chi connectivity index (χ4n) is 9.22. The lowest BCUT2D eigenvalue weighted by Crippen LogP contribution is -2.42. The van der Waals surface area contributed by atoms with Crippen LogP contribution in [0.3, 0.4) is 0 Å². The van der Waals surface area contributed by atoms with Gasteiger partial charge < -0.3 is 28.6 Å². The minimum atomic E-state index is -1.01. The number of hydrogen-bond acceptors (Lipinski definition) is 5. The van der Waals surface area contributed by atoms with Crippen molar-refractivity contribution in [1.29, 1.82) is 0 Å². The van der Waals surface area contributed by atoms with Crippen molar-refractivity contribution in [2.45, 2.75) is 66.3 Å². The maximum absolute atomic E-state index is 15.2. The Labute approximate surface area is 349 Å². The highest BCUT2D eigenvalue weighted by atomic mass is 35.5. The van der Waals surface area contributed by atoms with E-state index in [1.54, 1.807) is 18.2 Å². The second kappa shape index (κ2) is 16.0. The molecule has 1 unspecified atom stereocenters. The minimum absolute atomic E-state index is 0.139. The molecule has 4 heterocycles. The van der Waals surface area contributed by atoms with Crippen LogP contribution in [0.15, 0.2) is 60.8 Å². The van der Waals surface area contributed by atoms with Gasteiger partial charge in [-0.25, -0.2) is 4.79 Å². The molecule has 11 heteroatoms. The van der Waals surface area contributed by atoms with Gasteiger partial charge in [0.1, 0.15) is 23.8 Å². The number of carbonyl (C=O) groups is 2. The van der Waals surface area contributed by atoms with Gasteiger partial charge in [-0.1, -0.05) is 29.3 Å². The molecule has 2 aliphatic rings. The van der Waals surface area contributed by atoms with Crippen LogP contribution in [-0.4, -0.2) is 70.4 Å². The Morgan fingerprint density at radius 2 is 1.50 bits per heavy atom. The Balaban J connectivity index is 1.22. The number of carboxylic acid groups (broad SMARTS) is 1. The SMILES string of the molecule is Cc1cc(OCCCc2c3n(c4c(-c5c(C)cc(OCCN6CCCC6)cc5C)c(Cl)ccc24)C(C)CN(c2cn(C)c4ccc(C(=O)O)cc24)C3=O)cc(C)c1Cl. The number of carboxylic acids is 1. The van der Waals surface area contributed by atoms with Crippen LogP contribution in [0.25, 0.3) is 32.9 Å². The number of aromatic carboxylic acids is 1. The molecule has 2 aliphatic heterocycles. The third-order valence-corrected chi connectivity index (χ3v) is 12.9. The summed E-state index contributed by atoms with van der Waals surface area (Å²) < 4.78 is 16.7. The number of benzene rings is 4. The molecule has 1 fully saturated rings. The average molecular weight is 822 g/mol. The number of aryl methyl sites for hydroxylation is 6. The molecule has 2 aromatic heterocycles. The van der Waals surface area contributed by atoms with Crippen LogP contribution in [0.2, 0.25) is 10.0 Å². The number of anilines is 1. The summed E-state index contributed by atoms with van der Waals surface area (Å²) in [6, 6.07) is 17.0. The lowest BCUT2D eigenvalue weighted by molar-refractivity contribution is 0.0696.